The molecule has 145 valence electrons. The van der Waals surface area contributed by atoms with Crippen LogP contribution in [-0.2, 0) is 11.2 Å². The molecular formula is C24H29BNO2. The van der Waals surface area contributed by atoms with E-state index in [2.05, 4.69) is 11.6 Å². The topological polar surface area (TPSA) is 41.8 Å². The van der Waals surface area contributed by atoms with Gasteiger partial charge in [0, 0.05) is 6.21 Å². The van der Waals surface area contributed by atoms with Crippen LogP contribution in [-0.4, -0.2) is 30.0 Å². The molecule has 0 bridgehead atoms. The summed E-state index contributed by atoms with van der Waals surface area (Å²) in [5.74, 6) is 0. The third-order valence-corrected chi connectivity index (χ3v) is 4.90. The van der Waals surface area contributed by atoms with Crippen molar-refractivity contribution >= 4 is 19.3 Å². The quantitative estimate of drug-likeness (QED) is 0.380. The van der Waals surface area contributed by atoms with E-state index >= 15 is 0 Å². The van der Waals surface area contributed by atoms with Crippen molar-refractivity contribution in [1.82, 2.24) is 0 Å². The number of allylic oxidation sites excluding steroid dienone is 3. The summed E-state index contributed by atoms with van der Waals surface area (Å²) in [5, 5.41) is 10.4. The number of hydrogen-bond donors (Lipinski definition) is 1. The first-order chi connectivity index (χ1) is 13.2. The zero-order valence-corrected chi connectivity index (χ0v) is 17.2. The Kier molecular flexibility index (Phi) is 7.56. The molecule has 1 N–H and O–H groups in total. The second kappa shape index (κ2) is 9.67. The predicted octanol–water partition coefficient (Wildman–Crippen LogP) is 5.04. The van der Waals surface area contributed by atoms with Crippen LogP contribution < -0.4 is 0 Å². The van der Waals surface area contributed by atoms with Gasteiger partial charge in [-0.3, -0.25) is 4.99 Å². The van der Waals surface area contributed by atoms with Gasteiger partial charge in [0.25, 0.3) is 0 Å². The molecule has 2 aromatic rings. The summed E-state index contributed by atoms with van der Waals surface area (Å²) < 4.78 is 5.99. The molecule has 0 saturated heterocycles. The Morgan fingerprint density at radius 2 is 1.61 bits per heavy atom. The summed E-state index contributed by atoms with van der Waals surface area (Å²) in [6, 6.07) is 20.1. The van der Waals surface area contributed by atoms with Crippen LogP contribution in [0.3, 0.4) is 0 Å². The highest BCUT2D eigenvalue weighted by Gasteiger charge is 2.36. The molecule has 28 heavy (non-hydrogen) atoms. The Hall–Kier alpha value is -2.43. The molecule has 1 radical (unpaired) electrons. The van der Waals surface area contributed by atoms with E-state index in [1.807, 2.05) is 74.5 Å². The Labute approximate surface area is 169 Å². The van der Waals surface area contributed by atoms with Crippen LogP contribution in [0, 0.1) is 0 Å². The highest BCUT2D eigenvalue weighted by molar-refractivity contribution is 6.49. The molecule has 3 nitrogen and oxygen atoms in total. The Morgan fingerprint density at radius 1 is 1.04 bits per heavy atom. The fourth-order valence-electron chi connectivity index (χ4n) is 2.37. The van der Waals surface area contributed by atoms with Gasteiger partial charge in [0.1, 0.15) is 0 Å². The van der Waals surface area contributed by atoms with Crippen LogP contribution in [0.25, 0.3) is 5.57 Å². The molecule has 0 saturated carbocycles. The monoisotopic (exact) mass is 374 g/mol. The van der Waals surface area contributed by atoms with E-state index in [0.717, 1.165) is 22.2 Å². The third-order valence-electron chi connectivity index (χ3n) is 4.90. The Morgan fingerprint density at radius 3 is 2.14 bits per heavy atom. The van der Waals surface area contributed by atoms with Gasteiger partial charge in [-0.15, -0.1) is 0 Å². The maximum absolute atomic E-state index is 10.4. The van der Waals surface area contributed by atoms with E-state index in [1.165, 1.54) is 0 Å². The van der Waals surface area contributed by atoms with Crippen LogP contribution in [0.4, 0.5) is 0 Å². The third kappa shape index (κ3) is 6.05. The molecule has 0 atom stereocenters. The van der Waals surface area contributed by atoms with E-state index in [1.54, 1.807) is 33.6 Å². The Balaban J connectivity index is 2.32. The fraction of sp³-hybridized carbons (Fsp3) is 0.292. The number of aliphatic imine (C=N–C) groups is 1. The van der Waals surface area contributed by atoms with E-state index < -0.39 is 11.2 Å². The molecule has 0 aliphatic rings. The molecule has 2 rings (SSSR count). The smallest absolute Gasteiger partial charge is 0.333 e. The average Bonchev–Trinajstić information content (AvgIpc) is 2.67. The van der Waals surface area contributed by atoms with Gasteiger partial charge in [-0.25, -0.2) is 0 Å². The van der Waals surface area contributed by atoms with Crippen molar-refractivity contribution in [3.05, 3.63) is 89.9 Å². The summed E-state index contributed by atoms with van der Waals surface area (Å²) >= 11 is 0. The van der Waals surface area contributed by atoms with Crippen molar-refractivity contribution in [3.8, 4) is 0 Å². The molecule has 0 aliphatic heterocycles. The van der Waals surface area contributed by atoms with Crippen molar-refractivity contribution in [3.63, 3.8) is 0 Å². The number of aliphatic hydroxyl groups is 1. The summed E-state index contributed by atoms with van der Waals surface area (Å²) in [6.07, 6.45) is 3.60. The zero-order chi connectivity index (χ0) is 20.6. The van der Waals surface area contributed by atoms with Gasteiger partial charge in [0.2, 0.25) is 0 Å². The van der Waals surface area contributed by atoms with Crippen molar-refractivity contribution in [2.75, 3.05) is 0 Å². The lowest BCUT2D eigenvalue weighted by molar-refractivity contribution is -0.0895. The van der Waals surface area contributed by atoms with Gasteiger partial charge in [-0.05, 0) is 49.9 Å². The van der Waals surface area contributed by atoms with Gasteiger partial charge in [0.05, 0.1) is 17.7 Å². The molecule has 4 heteroatoms. The first kappa shape index (κ1) is 21.9. The van der Waals surface area contributed by atoms with E-state index in [-0.39, 0.29) is 0 Å². The first-order valence-electron chi connectivity index (χ1n) is 9.44. The van der Waals surface area contributed by atoms with Crippen molar-refractivity contribution in [2.24, 2.45) is 4.99 Å². The average molecular weight is 374 g/mol. The zero-order valence-electron chi connectivity index (χ0n) is 17.2. The highest BCUT2D eigenvalue weighted by Crippen LogP contribution is 2.26. The summed E-state index contributed by atoms with van der Waals surface area (Å²) in [6.45, 7) is 11.7. The number of hydrogen-bond acceptors (Lipinski definition) is 3. The maximum Gasteiger partial charge on any atom is 0.333 e. The molecule has 0 aliphatic carbocycles. The molecule has 0 unspecified atom stereocenters. The second-order valence-electron chi connectivity index (χ2n) is 7.70. The van der Waals surface area contributed by atoms with Crippen molar-refractivity contribution < 1.29 is 9.76 Å². The minimum Gasteiger partial charge on any atom is -0.427 e. The largest absolute Gasteiger partial charge is 0.427 e. The highest BCUT2D eigenvalue weighted by atomic mass is 16.5. The van der Waals surface area contributed by atoms with E-state index in [4.69, 9.17) is 4.65 Å². The lowest BCUT2D eigenvalue weighted by atomic mass is 9.79. The van der Waals surface area contributed by atoms with Crippen molar-refractivity contribution in [2.45, 2.75) is 45.4 Å². The fourth-order valence-corrected chi connectivity index (χ4v) is 2.37. The lowest BCUT2D eigenvalue weighted by Crippen LogP contribution is -2.48. The van der Waals surface area contributed by atoms with Gasteiger partial charge < -0.3 is 9.76 Å². The SMILES string of the molecule is C=C/C(=C(/[B]OC(C)(C)C(C)(C)O)C=NCc1ccccc1)c1ccccc1. The lowest BCUT2D eigenvalue weighted by Gasteiger charge is -2.37. The molecule has 0 aromatic heterocycles. The van der Waals surface area contributed by atoms with Gasteiger partial charge in [0.15, 0.2) is 0 Å². The van der Waals surface area contributed by atoms with Gasteiger partial charge in [-0.1, -0.05) is 73.3 Å². The molecule has 0 amide bonds. The van der Waals surface area contributed by atoms with Crippen LogP contribution in [0.15, 0.2) is 83.8 Å². The predicted molar refractivity (Wildman–Crippen MR) is 119 cm³/mol. The van der Waals surface area contributed by atoms with Crippen LogP contribution in [0.1, 0.15) is 38.8 Å². The van der Waals surface area contributed by atoms with E-state index in [9.17, 15) is 5.11 Å². The van der Waals surface area contributed by atoms with Crippen LogP contribution in [0.5, 0.6) is 0 Å². The van der Waals surface area contributed by atoms with Gasteiger partial charge >= 0.3 is 7.48 Å². The molecule has 0 spiro atoms. The summed E-state index contributed by atoms with van der Waals surface area (Å²) in [7, 11) is 1.66. The molecular weight excluding hydrogens is 345 g/mol. The number of benzene rings is 2. The van der Waals surface area contributed by atoms with Gasteiger partial charge in [-0.2, -0.15) is 0 Å². The standard InChI is InChI=1S/C24H29BNO2/c1-6-21(20-15-11-8-12-16-20)22(25-28-24(4,5)23(2,3)27)18-26-17-19-13-9-7-10-14-19/h6-16,18,27H,1,17H2,2-5H3/b22-21-,26-18?. The second-order valence-corrected chi connectivity index (χ2v) is 7.70. The Bertz CT molecular complexity index is 819. The van der Waals surface area contributed by atoms with Crippen LogP contribution in [0.2, 0.25) is 0 Å². The van der Waals surface area contributed by atoms with E-state index in [0.29, 0.717) is 6.54 Å². The summed E-state index contributed by atoms with van der Waals surface area (Å²) in [5.41, 5.74) is 2.11. The van der Waals surface area contributed by atoms with Crippen LogP contribution >= 0.6 is 0 Å². The molecule has 0 heterocycles. The van der Waals surface area contributed by atoms with Crippen molar-refractivity contribution in [1.29, 1.82) is 0 Å². The first-order valence-corrected chi connectivity index (χ1v) is 9.44. The normalized spacial score (nSPS) is 13.3. The number of rotatable bonds is 9. The number of nitrogens with zero attached hydrogens (tertiary/aromatic N) is 1. The maximum atomic E-state index is 10.4. The molecule has 2 aromatic carbocycles. The minimum atomic E-state index is -1.00. The summed E-state index contributed by atoms with van der Waals surface area (Å²) in [4.78, 5) is 4.59. The molecule has 0 fully saturated rings. The minimum absolute atomic E-state index is 0.576.